The second-order valence-corrected chi connectivity index (χ2v) is 4.68. The van der Waals surface area contributed by atoms with Crippen molar-refractivity contribution >= 4 is 23.4 Å². The van der Waals surface area contributed by atoms with Gasteiger partial charge in [0.15, 0.2) is 10.4 Å². The second kappa shape index (κ2) is 4.06. The fraction of sp³-hybridized carbons (Fsp3) is 0.250. The maximum absolute atomic E-state index is 5.37. The van der Waals surface area contributed by atoms with E-state index in [-0.39, 0.29) is 0 Å². The minimum atomic E-state index is 0.672. The van der Waals surface area contributed by atoms with E-state index >= 15 is 0 Å². The number of hydrogen-bond donors (Lipinski definition) is 1. The molecule has 0 aromatic carbocycles. The first kappa shape index (κ1) is 11.2. The number of nitrogens with one attached hydrogen (secondary N) is 1. The van der Waals surface area contributed by atoms with Gasteiger partial charge in [-0.25, -0.2) is 4.98 Å². The summed E-state index contributed by atoms with van der Waals surface area (Å²) in [5, 5.41) is 4.16. The molecule has 3 heterocycles. The highest BCUT2D eigenvalue weighted by atomic mass is 32.1. The number of pyridine rings is 1. The summed E-state index contributed by atoms with van der Waals surface area (Å²) in [6.45, 7) is 2.72. The molecule has 0 atom stereocenters. The van der Waals surface area contributed by atoms with Crippen LogP contribution in [-0.2, 0) is 13.6 Å². The van der Waals surface area contributed by atoms with E-state index in [0.717, 1.165) is 22.4 Å². The average molecular weight is 259 g/mol. The highest BCUT2D eigenvalue weighted by Crippen LogP contribution is 2.16. The Morgan fingerprint density at radius 2 is 2.17 bits per heavy atom. The van der Waals surface area contributed by atoms with Crippen molar-refractivity contribution in [2.75, 3.05) is 0 Å². The summed E-state index contributed by atoms with van der Waals surface area (Å²) in [5.74, 6) is 0. The third-order valence-corrected chi connectivity index (χ3v) is 3.44. The van der Waals surface area contributed by atoms with Crippen molar-refractivity contribution in [2.24, 2.45) is 7.05 Å². The largest absolute Gasteiger partial charge is 0.329 e. The molecule has 92 valence electrons. The van der Waals surface area contributed by atoms with Crippen molar-refractivity contribution in [2.45, 2.75) is 13.5 Å². The summed E-state index contributed by atoms with van der Waals surface area (Å²) >= 11 is 5.37. The standard InChI is InChI=1S/C12H13N5S/c1-8-3-5-13-11-10(8)15-12(18)17(11)7-9-4-6-14-16(9)2/h3-6H,7H2,1-2H3,(H,15,18). The summed E-state index contributed by atoms with van der Waals surface area (Å²) in [4.78, 5) is 7.62. The van der Waals surface area contributed by atoms with Gasteiger partial charge in [-0.1, -0.05) is 0 Å². The van der Waals surface area contributed by atoms with Crippen LogP contribution in [0.2, 0.25) is 0 Å². The number of aromatic amines is 1. The predicted octanol–water partition coefficient (Wildman–Crippen LogP) is 2.18. The average Bonchev–Trinajstić information content (AvgIpc) is 2.87. The number of H-pyrrole nitrogens is 1. The number of rotatable bonds is 2. The van der Waals surface area contributed by atoms with Crippen molar-refractivity contribution in [3.05, 3.63) is 40.6 Å². The van der Waals surface area contributed by atoms with Crippen LogP contribution >= 0.6 is 12.2 Å². The molecule has 0 aliphatic rings. The summed E-state index contributed by atoms with van der Waals surface area (Å²) in [7, 11) is 1.92. The number of aromatic nitrogens is 5. The van der Waals surface area contributed by atoms with Crippen molar-refractivity contribution in [1.82, 2.24) is 24.3 Å². The first-order valence-corrected chi connectivity index (χ1v) is 6.08. The van der Waals surface area contributed by atoms with Gasteiger partial charge >= 0.3 is 0 Å². The quantitative estimate of drug-likeness (QED) is 0.718. The number of aryl methyl sites for hydroxylation is 2. The molecule has 0 saturated heterocycles. The van der Waals surface area contributed by atoms with Crippen LogP contribution in [0.1, 0.15) is 11.3 Å². The molecule has 6 heteroatoms. The van der Waals surface area contributed by atoms with Gasteiger partial charge in [-0.2, -0.15) is 5.10 Å². The minimum absolute atomic E-state index is 0.672. The molecule has 0 amide bonds. The van der Waals surface area contributed by atoms with Crippen molar-refractivity contribution in [3.63, 3.8) is 0 Å². The molecule has 0 radical (unpaired) electrons. The molecular weight excluding hydrogens is 246 g/mol. The van der Waals surface area contributed by atoms with Crippen molar-refractivity contribution in [1.29, 1.82) is 0 Å². The van der Waals surface area contributed by atoms with Gasteiger partial charge in [-0.15, -0.1) is 0 Å². The number of nitrogens with zero attached hydrogens (tertiary/aromatic N) is 4. The Hall–Kier alpha value is -1.95. The van der Waals surface area contributed by atoms with Gasteiger partial charge in [-0.05, 0) is 36.8 Å². The van der Waals surface area contributed by atoms with Crippen LogP contribution in [0.15, 0.2) is 24.5 Å². The molecule has 3 aromatic rings. The van der Waals surface area contributed by atoms with Crippen molar-refractivity contribution < 1.29 is 0 Å². The molecule has 3 rings (SSSR count). The van der Waals surface area contributed by atoms with Crippen LogP contribution < -0.4 is 0 Å². The van der Waals surface area contributed by atoms with E-state index < -0.39 is 0 Å². The molecular formula is C12H13N5S. The number of hydrogen-bond acceptors (Lipinski definition) is 3. The fourth-order valence-corrected chi connectivity index (χ4v) is 2.29. The van der Waals surface area contributed by atoms with Crippen LogP contribution in [0.25, 0.3) is 11.2 Å². The second-order valence-electron chi connectivity index (χ2n) is 4.29. The zero-order valence-electron chi connectivity index (χ0n) is 10.2. The van der Waals surface area contributed by atoms with Crippen LogP contribution in [0.3, 0.4) is 0 Å². The molecule has 18 heavy (non-hydrogen) atoms. The maximum Gasteiger partial charge on any atom is 0.179 e. The lowest BCUT2D eigenvalue weighted by Crippen LogP contribution is -2.06. The van der Waals surface area contributed by atoms with E-state index in [9.17, 15) is 0 Å². The van der Waals surface area contributed by atoms with Gasteiger partial charge in [0.1, 0.15) is 0 Å². The van der Waals surface area contributed by atoms with Crippen LogP contribution in [0.5, 0.6) is 0 Å². The van der Waals surface area contributed by atoms with Gasteiger partial charge < -0.3 is 4.98 Å². The Labute approximate surface area is 109 Å². The molecule has 3 aromatic heterocycles. The molecule has 0 aliphatic heterocycles. The fourth-order valence-electron chi connectivity index (χ4n) is 2.04. The van der Waals surface area contributed by atoms with Crippen LogP contribution in [0, 0.1) is 11.7 Å². The third kappa shape index (κ3) is 1.65. The van der Waals surface area contributed by atoms with Gasteiger partial charge in [0.05, 0.1) is 17.8 Å². The predicted molar refractivity (Wildman–Crippen MR) is 72.0 cm³/mol. The third-order valence-electron chi connectivity index (χ3n) is 3.11. The van der Waals surface area contributed by atoms with E-state index in [1.807, 2.05) is 35.4 Å². The van der Waals surface area contributed by atoms with Gasteiger partial charge in [-0.3, -0.25) is 9.25 Å². The van der Waals surface area contributed by atoms with Crippen molar-refractivity contribution in [3.8, 4) is 0 Å². The van der Waals surface area contributed by atoms with E-state index in [0.29, 0.717) is 11.3 Å². The molecule has 5 nitrogen and oxygen atoms in total. The monoisotopic (exact) mass is 259 g/mol. The minimum Gasteiger partial charge on any atom is -0.329 e. The molecule has 0 bridgehead atoms. The zero-order valence-corrected chi connectivity index (χ0v) is 11.0. The molecule has 0 unspecified atom stereocenters. The lowest BCUT2D eigenvalue weighted by atomic mass is 10.3. The Morgan fingerprint density at radius 3 is 2.89 bits per heavy atom. The first-order chi connectivity index (χ1) is 8.66. The van der Waals surface area contributed by atoms with Crippen LogP contribution in [0.4, 0.5) is 0 Å². The highest BCUT2D eigenvalue weighted by molar-refractivity contribution is 7.71. The van der Waals surface area contributed by atoms with E-state index in [1.54, 1.807) is 12.4 Å². The summed E-state index contributed by atoms with van der Waals surface area (Å²) in [6, 6.07) is 3.96. The smallest absolute Gasteiger partial charge is 0.179 e. The SMILES string of the molecule is Cc1ccnc2c1[nH]c(=S)n2Cc1ccnn1C. The maximum atomic E-state index is 5.37. The van der Waals surface area contributed by atoms with E-state index in [1.165, 1.54) is 0 Å². The Bertz CT molecular complexity index is 764. The van der Waals surface area contributed by atoms with Crippen LogP contribution in [-0.4, -0.2) is 24.3 Å². The summed E-state index contributed by atoms with van der Waals surface area (Å²) < 4.78 is 4.53. The summed E-state index contributed by atoms with van der Waals surface area (Å²) in [5.41, 5.74) is 4.14. The summed E-state index contributed by atoms with van der Waals surface area (Å²) in [6.07, 6.45) is 3.59. The van der Waals surface area contributed by atoms with E-state index in [4.69, 9.17) is 12.2 Å². The number of fused-ring (bicyclic) bond motifs is 1. The normalized spacial score (nSPS) is 11.2. The molecule has 0 spiro atoms. The molecule has 0 saturated carbocycles. The Morgan fingerprint density at radius 1 is 1.33 bits per heavy atom. The highest BCUT2D eigenvalue weighted by Gasteiger charge is 2.09. The van der Waals surface area contributed by atoms with Gasteiger partial charge in [0.25, 0.3) is 0 Å². The lowest BCUT2D eigenvalue weighted by molar-refractivity contribution is 0.668. The lowest BCUT2D eigenvalue weighted by Gasteiger charge is -2.04. The first-order valence-electron chi connectivity index (χ1n) is 5.68. The number of imidazole rings is 1. The zero-order chi connectivity index (χ0) is 12.7. The van der Waals surface area contributed by atoms with Gasteiger partial charge in [0.2, 0.25) is 0 Å². The van der Waals surface area contributed by atoms with Gasteiger partial charge in [0, 0.05) is 19.4 Å². The topological polar surface area (TPSA) is 51.4 Å². The Kier molecular flexibility index (Phi) is 2.52. The molecule has 0 fully saturated rings. The Balaban J connectivity index is 2.18. The molecule has 1 N–H and O–H groups in total. The van der Waals surface area contributed by atoms with E-state index in [2.05, 4.69) is 15.1 Å². The molecule has 0 aliphatic carbocycles.